The van der Waals surface area contributed by atoms with Gasteiger partial charge < -0.3 is 5.73 Å². The summed E-state index contributed by atoms with van der Waals surface area (Å²) in [6, 6.07) is 10.3. The number of benzene rings is 1. The van der Waals surface area contributed by atoms with Crippen LogP contribution >= 0.6 is 0 Å². The lowest BCUT2D eigenvalue weighted by Gasteiger charge is -2.04. The first kappa shape index (κ1) is 10.7. The molecule has 0 amide bonds. The van der Waals surface area contributed by atoms with Crippen molar-refractivity contribution >= 4 is 16.6 Å². The molecule has 0 fully saturated rings. The molecule has 0 saturated heterocycles. The average Bonchev–Trinajstić information content (AvgIpc) is 2.38. The van der Waals surface area contributed by atoms with Gasteiger partial charge in [0, 0.05) is 35.1 Å². The first-order valence-electron chi connectivity index (χ1n) is 5.80. The summed E-state index contributed by atoms with van der Waals surface area (Å²) in [5.74, 6) is 0. The van der Waals surface area contributed by atoms with Crippen LogP contribution in [0.5, 0.6) is 0 Å². The molecule has 0 aliphatic rings. The van der Waals surface area contributed by atoms with Gasteiger partial charge in [0.2, 0.25) is 0 Å². The maximum atomic E-state index is 5.75. The summed E-state index contributed by atoms with van der Waals surface area (Å²) in [6.07, 6.45) is 5.30. The molecule has 0 unspecified atom stereocenters. The summed E-state index contributed by atoms with van der Waals surface area (Å²) in [6.45, 7) is 2.08. The minimum atomic E-state index is 0.664. The Labute approximate surface area is 105 Å². The summed E-state index contributed by atoms with van der Waals surface area (Å²) in [4.78, 5) is 8.57. The van der Waals surface area contributed by atoms with E-state index in [-0.39, 0.29) is 0 Å². The van der Waals surface area contributed by atoms with Crippen LogP contribution in [-0.2, 0) is 0 Å². The third kappa shape index (κ3) is 1.91. The molecule has 0 atom stereocenters. The smallest absolute Gasteiger partial charge is 0.0702 e. The number of fused-ring (bicyclic) bond motifs is 1. The van der Waals surface area contributed by atoms with E-state index in [0.29, 0.717) is 5.69 Å². The summed E-state index contributed by atoms with van der Waals surface area (Å²) < 4.78 is 0. The molecule has 3 heteroatoms. The predicted octanol–water partition coefficient (Wildman–Crippen LogP) is 3.19. The summed E-state index contributed by atoms with van der Waals surface area (Å²) in [7, 11) is 0. The average molecular weight is 235 g/mol. The van der Waals surface area contributed by atoms with Gasteiger partial charge in [0.05, 0.1) is 11.2 Å². The van der Waals surface area contributed by atoms with Crippen molar-refractivity contribution in [1.29, 1.82) is 0 Å². The molecule has 0 saturated carbocycles. The van der Waals surface area contributed by atoms with Crippen molar-refractivity contribution in [3.05, 3.63) is 54.5 Å². The number of anilines is 1. The zero-order valence-electron chi connectivity index (χ0n) is 10.1. The fourth-order valence-corrected chi connectivity index (χ4v) is 2.02. The van der Waals surface area contributed by atoms with Crippen molar-refractivity contribution < 1.29 is 0 Å². The Morgan fingerprint density at radius 1 is 0.944 bits per heavy atom. The van der Waals surface area contributed by atoms with Gasteiger partial charge in [-0.1, -0.05) is 11.6 Å². The highest BCUT2D eigenvalue weighted by molar-refractivity contribution is 5.84. The highest BCUT2D eigenvalue weighted by Crippen LogP contribution is 2.23. The molecule has 0 radical (unpaired) electrons. The Balaban J connectivity index is 2.18. The molecule has 0 aliphatic heterocycles. The molecule has 0 bridgehead atoms. The fraction of sp³-hybridized carbons (Fsp3) is 0.0667. The van der Waals surface area contributed by atoms with E-state index in [2.05, 4.69) is 35.1 Å². The summed E-state index contributed by atoms with van der Waals surface area (Å²) in [5.41, 5.74) is 10.7. The van der Waals surface area contributed by atoms with Crippen LogP contribution in [0.1, 0.15) is 5.56 Å². The molecule has 1 aromatic carbocycles. The van der Waals surface area contributed by atoms with Crippen molar-refractivity contribution in [3.8, 4) is 11.1 Å². The first-order valence-corrected chi connectivity index (χ1v) is 5.80. The molecule has 0 spiro atoms. The number of pyridine rings is 2. The molecule has 88 valence electrons. The van der Waals surface area contributed by atoms with Gasteiger partial charge >= 0.3 is 0 Å². The van der Waals surface area contributed by atoms with Gasteiger partial charge in [-0.05, 0) is 31.2 Å². The van der Waals surface area contributed by atoms with Crippen molar-refractivity contribution in [3.63, 3.8) is 0 Å². The second kappa shape index (κ2) is 4.11. The van der Waals surface area contributed by atoms with E-state index in [1.54, 1.807) is 12.4 Å². The maximum absolute atomic E-state index is 5.75. The van der Waals surface area contributed by atoms with Crippen molar-refractivity contribution in [2.24, 2.45) is 0 Å². The number of aromatic nitrogens is 2. The van der Waals surface area contributed by atoms with E-state index < -0.39 is 0 Å². The van der Waals surface area contributed by atoms with Crippen LogP contribution in [0.3, 0.4) is 0 Å². The lowest BCUT2D eigenvalue weighted by Crippen LogP contribution is -1.89. The number of nitrogens with two attached hydrogens (primary N) is 1. The second-order valence-electron chi connectivity index (χ2n) is 4.43. The van der Waals surface area contributed by atoms with Gasteiger partial charge in [0.25, 0.3) is 0 Å². The van der Waals surface area contributed by atoms with E-state index in [4.69, 9.17) is 5.73 Å². The maximum Gasteiger partial charge on any atom is 0.0702 e. The van der Waals surface area contributed by atoms with E-state index in [0.717, 1.165) is 22.0 Å². The van der Waals surface area contributed by atoms with Gasteiger partial charge in [-0.15, -0.1) is 0 Å². The standard InChI is InChI=1S/C15H13N3/c1-10-2-3-15-11(4-10)5-12(8-18-15)13-6-14(16)9-17-7-13/h2-9H,16H2,1H3. The zero-order chi connectivity index (χ0) is 12.5. The van der Waals surface area contributed by atoms with Crippen LogP contribution in [0, 0.1) is 6.92 Å². The Hall–Kier alpha value is -2.42. The quantitative estimate of drug-likeness (QED) is 0.704. The highest BCUT2D eigenvalue weighted by Gasteiger charge is 2.02. The van der Waals surface area contributed by atoms with Crippen LogP contribution in [0.25, 0.3) is 22.0 Å². The van der Waals surface area contributed by atoms with E-state index in [1.165, 1.54) is 5.56 Å². The van der Waals surface area contributed by atoms with Crippen molar-refractivity contribution in [1.82, 2.24) is 9.97 Å². The van der Waals surface area contributed by atoms with Crippen molar-refractivity contribution in [2.45, 2.75) is 6.92 Å². The Morgan fingerprint density at radius 3 is 2.61 bits per heavy atom. The molecule has 2 N–H and O–H groups in total. The minimum absolute atomic E-state index is 0.664. The number of rotatable bonds is 1. The third-order valence-corrected chi connectivity index (χ3v) is 2.93. The van der Waals surface area contributed by atoms with Crippen LogP contribution in [0.4, 0.5) is 5.69 Å². The van der Waals surface area contributed by atoms with Crippen molar-refractivity contribution in [2.75, 3.05) is 5.73 Å². The Bertz CT molecular complexity index is 720. The molecule has 3 nitrogen and oxygen atoms in total. The number of nitrogens with zero attached hydrogens (tertiary/aromatic N) is 2. The van der Waals surface area contributed by atoms with Crippen LogP contribution in [0.15, 0.2) is 48.9 Å². The number of nitrogen functional groups attached to an aromatic ring is 1. The lowest BCUT2D eigenvalue weighted by atomic mass is 10.1. The largest absolute Gasteiger partial charge is 0.397 e. The lowest BCUT2D eigenvalue weighted by molar-refractivity contribution is 1.32. The highest BCUT2D eigenvalue weighted by atomic mass is 14.7. The number of hydrogen-bond donors (Lipinski definition) is 1. The number of aryl methyl sites for hydroxylation is 1. The van der Waals surface area contributed by atoms with Crippen LogP contribution in [0.2, 0.25) is 0 Å². The summed E-state index contributed by atoms with van der Waals surface area (Å²) >= 11 is 0. The summed E-state index contributed by atoms with van der Waals surface area (Å²) in [5, 5.41) is 1.13. The van der Waals surface area contributed by atoms with E-state index in [9.17, 15) is 0 Å². The van der Waals surface area contributed by atoms with Gasteiger partial charge in [0.15, 0.2) is 0 Å². The second-order valence-corrected chi connectivity index (χ2v) is 4.43. The van der Waals surface area contributed by atoms with E-state index >= 15 is 0 Å². The van der Waals surface area contributed by atoms with Gasteiger partial charge in [-0.3, -0.25) is 9.97 Å². The molecule has 2 heterocycles. The molecule has 3 aromatic rings. The molecular formula is C15H13N3. The normalized spacial score (nSPS) is 10.7. The van der Waals surface area contributed by atoms with E-state index in [1.807, 2.05) is 18.3 Å². The molecule has 2 aromatic heterocycles. The molecule has 18 heavy (non-hydrogen) atoms. The SMILES string of the molecule is Cc1ccc2ncc(-c3cncc(N)c3)cc2c1. The Kier molecular flexibility index (Phi) is 2.45. The third-order valence-electron chi connectivity index (χ3n) is 2.93. The number of hydrogen-bond acceptors (Lipinski definition) is 3. The molecular weight excluding hydrogens is 222 g/mol. The Morgan fingerprint density at radius 2 is 1.78 bits per heavy atom. The molecule has 0 aliphatic carbocycles. The zero-order valence-corrected chi connectivity index (χ0v) is 10.1. The predicted molar refractivity (Wildman–Crippen MR) is 74.1 cm³/mol. The fourth-order valence-electron chi connectivity index (χ4n) is 2.02. The molecule has 3 rings (SSSR count). The van der Waals surface area contributed by atoms with Gasteiger partial charge in [0.1, 0.15) is 0 Å². The monoisotopic (exact) mass is 235 g/mol. The minimum Gasteiger partial charge on any atom is -0.397 e. The van der Waals surface area contributed by atoms with Crippen LogP contribution < -0.4 is 5.73 Å². The van der Waals surface area contributed by atoms with Gasteiger partial charge in [-0.2, -0.15) is 0 Å². The van der Waals surface area contributed by atoms with Crippen LogP contribution in [-0.4, -0.2) is 9.97 Å². The topological polar surface area (TPSA) is 51.8 Å². The van der Waals surface area contributed by atoms with Gasteiger partial charge in [-0.25, -0.2) is 0 Å². The first-order chi connectivity index (χ1) is 8.72.